The van der Waals surface area contributed by atoms with Crippen LogP contribution >= 0.6 is 0 Å². The van der Waals surface area contributed by atoms with Gasteiger partial charge in [-0.2, -0.15) is 4.98 Å². The predicted molar refractivity (Wildman–Crippen MR) is 131 cm³/mol. The van der Waals surface area contributed by atoms with E-state index in [0.29, 0.717) is 47.3 Å². The first kappa shape index (κ1) is 25.0. The third-order valence-electron chi connectivity index (χ3n) is 5.27. The Kier molecular flexibility index (Phi) is 9.21. The second-order valence-corrected chi connectivity index (χ2v) is 7.65. The van der Waals surface area contributed by atoms with Gasteiger partial charge >= 0.3 is 0 Å². The van der Waals surface area contributed by atoms with Crippen molar-refractivity contribution in [3.05, 3.63) is 42.1 Å². The number of methoxy groups -OCH3 is 2. The third-order valence-corrected chi connectivity index (χ3v) is 5.27. The molecule has 0 saturated carbocycles. The van der Waals surface area contributed by atoms with Crippen LogP contribution in [0, 0.1) is 0 Å². The number of pyridine rings is 1. The molecule has 0 aliphatic carbocycles. The van der Waals surface area contributed by atoms with Crippen molar-refractivity contribution in [2.24, 2.45) is 0 Å². The SMILES string of the molecule is CCCCC(Nc1nc(NCc2ccc(OC)cc2OC)nc2cccnc12)C(=O)NCCO. The molecule has 3 aromatic rings. The minimum Gasteiger partial charge on any atom is -0.497 e. The second-order valence-electron chi connectivity index (χ2n) is 7.65. The van der Waals surface area contributed by atoms with Crippen LogP contribution in [-0.4, -0.2) is 59.4 Å². The van der Waals surface area contributed by atoms with Crippen molar-refractivity contribution >= 4 is 28.7 Å². The molecule has 0 spiro atoms. The quantitative estimate of drug-likeness (QED) is 0.299. The maximum Gasteiger partial charge on any atom is 0.242 e. The number of hydrogen-bond acceptors (Lipinski definition) is 9. The summed E-state index contributed by atoms with van der Waals surface area (Å²) in [6.07, 6.45) is 4.10. The zero-order valence-corrected chi connectivity index (χ0v) is 19.8. The van der Waals surface area contributed by atoms with Crippen LogP contribution in [0.3, 0.4) is 0 Å². The first-order chi connectivity index (χ1) is 16.6. The molecule has 10 heteroatoms. The maximum atomic E-state index is 12.7. The number of aliphatic hydroxyl groups excluding tert-OH is 1. The van der Waals surface area contributed by atoms with Gasteiger partial charge in [0.25, 0.3) is 0 Å². The number of carbonyl (C=O) groups excluding carboxylic acids is 1. The van der Waals surface area contributed by atoms with Gasteiger partial charge in [-0.25, -0.2) is 4.98 Å². The zero-order valence-electron chi connectivity index (χ0n) is 19.8. The summed E-state index contributed by atoms with van der Waals surface area (Å²) in [6, 6.07) is 8.73. The van der Waals surface area contributed by atoms with Crippen molar-refractivity contribution in [2.75, 3.05) is 38.0 Å². The van der Waals surface area contributed by atoms with Crippen LogP contribution in [0.2, 0.25) is 0 Å². The third kappa shape index (κ3) is 6.44. The van der Waals surface area contributed by atoms with Crippen LogP contribution in [0.25, 0.3) is 11.0 Å². The molecule has 0 fully saturated rings. The van der Waals surface area contributed by atoms with Gasteiger partial charge in [-0.1, -0.05) is 19.8 Å². The van der Waals surface area contributed by atoms with E-state index >= 15 is 0 Å². The molecule has 1 unspecified atom stereocenters. The minimum absolute atomic E-state index is 0.118. The number of benzene rings is 1. The number of rotatable bonds is 13. The van der Waals surface area contributed by atoms with Gasteiger partial charge in [0.1, 0.15) is 23.1 Å². The molecule has 182 valence electrons. The van der Waals surface area contributed by atoms with E-state index in [2.05, 4.69) is 37.8 Å². The summed E-state index contributed by atoms with van der Waals surface area (Å²) in [6.45, 7) is 2.57. The Bertz CT molecular complexity index is 1090. The number of carbonyl (C=O) groups is 1. The topological polar surface area (TPSA) is 131 Å². The van der Waals surface area contributed by atoms with E-state index in [4.69, 9.17) is 14.6 Å². The predicted octanol–water partition coefficient (Wildman–Crippen LogP) is 2.73. The normalized spacial score (nSPS) is 11.6. The number of unbranched alkanes of at least 4 members (excludes halogenated alkanes) is 1. The summed E-state index contributed by atoms with van der Waals surface area (Å²) in [5.74, 6) is 2.06. The number of fused-ring (bicyclic) bond motifs is 1. The van der Waals surface area contributed by atoms with Crippen LogP contribution in [0.1, 0.15) is 31.7 Å². The number of ether oxygens (including phenoxy) is 2. The van der Waals surface area contributed by atoms with Crippen molar-refractivity contribution in [1.29, 1.82) is 0 Å². The zero-order chi connectivity index (χ0) is 24.3. The van der Waals surface area contributed by atoms with E-state index in [1.165, 1.54) is 0 Å². The van der Waals surface area contributed by atoms with Gasteiger partial charge in [0.05, 0.1) is 26.3 Å². The summed E-state index contributed by atoms with van der Waals surface area (Å²) < 4.78 is 10.7. The number of nitrogens with zero attached hydrogens (tertiary/aromatic N) is 3. The van der Waals surface area contributed by atoms with E-state index in [1.807, 2.05) is 24.3 Å². The Morgan fingerprint density at radius 3 is 2.76 bits per heavy atom. The highest BCUT2D eigenvalue weighted by Crippen LogP contribution is 2.26. The lowest BCUT2D eigenvalue weighted by molar-refractivity contribution is -0.122. The lowest BCUT2D eigenvalue weighted by atomic mass is 10.1. The van der Waals surface area contributed by atoms with Crippen molar-refractivity contribution in [3.63, 3.8) is 0 Å². The fraction of sp³-hybridized carbons (Fsp3) is 0.417. The molecule has 34 heavy (non-hydrogen) atoms. The van der Waals surface area contributed by atoms with Crippen LogP contribution < -0.4 is 25.4 Å². The van der Waals surface area contributed by atoms with Gasteiger partial charge in [-0.05, 0) is 30.7 Å². The molecule has 1 atom stereocenters. The molecule has 0 saturated heterocycles. The van der Waals surface area contributed by atoms with E-state index in [1.54, 1.807) is 26.5 Å². The molecule has 10 nitrogen and oxygen atoms in total. The molecular formula is C24H32N6O4. The van der Waals surface area contributed by atoms with Crippen LogP contribution in [0.5, 0.6) is 11.5 Å². The monoisotopic (exact) mass is 468 g/mol. The van der Waals surface area contributed by atoms with Crippen molar-refractivity contribution in [3.8, 4) is 11.5 Å². The Morgan fingerprint density at radius 2 is 2.03 bits per heavy atom. The summed E-state index contributed by atoms with van der Waals surface area (Å²) in [5.41, 5.74) is 2.14. The first-order valence-electron chi connectivity index (χ1n) is 11.3. The average molecular weight is 469 g/mol. The number of nitrogens with one attached hydrogen (secondary N) is 3. The average Bonchev–Trinajstić information content (AvgIpc) is 2.88. The molecule has 3 rings (SSSR count). The molecule has 2 aromatic heterocycles. The van der Waals surface area contributed by atoms with Gasteiger partial charge in [-0.15, -0.1) is 0 Å². The fourth-order valence-corrected chi connectivity index (χ4v) is 3.46. The molecule has 2 heterocycles. The van der Waals surface area contributed by atoms with Crippen molar-refractivity contribution in [2.45, 2.75) is 38.8 Å². The van der Waals surface area contributed by atoms with Crippen molar-refractivity contribution < 1.29 is 19.4 Å². The Hall–Kier alpha value is -3.66. The molecular weight excluding hydrogens is 436 g/mol. The van der Waals surface area contributed by atoms with Crippen LogP contribution in [-0.2, 0) is 11.3 Å². The highest BCUT2D eigenvalue weighted by atomic mass is 16.5. The molecule has 0 bridgehead atoms. The lowest BCUT2D eigenvalue weighted by Gasteiger charge is -2.20. The fourth-order valence-electron chi connectivity index (χ4n) is 3.46. The Balaban J connectivity index is 1.86. The molecule has 0 aliphatic rings. The van der Waals surface area contributed by atoms with Gasteiger partial charge < -0.3 is 30.5 Å². The highest BCUT2D eigenvalue weighted by Gasteiger charge is 2.20. The molecule has 0 aliphatic heterocycles. The molecule has 1 aromatic carbocycles. The highest BCUT2D eigenvalue weighted by molar-refractivity contribution is 5.90. The van der Waals surface area contributed by atoms with E-state index in [9.17, 15) is 4.79 Å². The van der Waals surface area contributed by atoms with Gasteiger partial charge in [0.2, 0.25) is 11.9 Å². The van der Waals surface area contributed by atoms with E-state index < -0.39 is 6.04 Å². The lowest BCUT2D eigenvalue weighted by Crippen LogP contribution is -2.41. The molecule has 1 amide bonds. The van der Waals surface area contributed by atoms with Crippen LogP contribution in [0.15, 0.2) is 36.5 Å². The number of anilines is 2. The van der Waals surface area contributed by atoms with Gasteiger partial charge in [-0.3, -0.25) is 9.78 Å². The van der Waals surface area contributed by atoms with Gasteiger partial charge in [0.15, 0.2) is 5.82 Å². The van der Waals surface area contributed by atoms with E-state index in [-0.39, 0.29) is 19.1 Å². The number of hydrogen-bond donors (Lipinski definition) is 4. The number of aliphatic hydroxyl groups is 1. The molecule has 0 radical (unpaired) electrons. The summed E-state index contributed by atoms with van der Waals surface area (Å²) in [5, 5.41) is 18.3. The number of aromatic nitrogens is 3. The smallest absolute Gasteiger partial charge is 0.242 e. The van der Waals surface area contributed by atoms with Gasteiger partial charge in [0, 0.05) is 30.9 Å². The van der Waals surface area contributed by atoms with Crippen molar-refractivity contribution in [1.82, 2.24) is 20.3 Å². The molecule has 4 N–H and O–H groups in total. The first-order valence-corrected chi connectivity index (χ1v) is 11.3. The van der Waals surface area contributed by atoms with E-state index in [0.717, 1.165) is 18.4 Å². The Morgan fingerprint density at radius 1 is 1.18 bits per heavy atom. The largest absolute Gasteiger partial charge is 0.497 e. The minimum atomic E-state index is -0.513. The summed E-state index contributed by atoms with van der Waals surface area (Å²) in [4.78, 5) is 26.3. The second kappa shape index (κ2) is 12.5. The maximum absolute atomic E-state index is 12.7. The summed E-state index contributed by atoms with van der Waals surface area (Å²) in [7, 11) is 3.22. The standard InChI is InChI=1S/C24H32N6O4/c1-4-5-7-19(23(32)26-12-13-31)28-22-21-18(8-6-11-25-21)29-24(30-22)27-15-16-9-10-17(33-2)14-20(16)34-3/h6,8-11,14,19,31H,4-5,7,12-13,15H2,1-3H3,(H,26,32)(H2,27,28,29,30). The van der Waals surface area contributed by atoms with Crippen LogP contribution in [0.4, 0.5) is 11.8 Å². The number of amides is 1. The summed E-state index contributed by atoms with van der Waals surface area (Å²) >= 11 is 0. The Labute approximate surface area is 199 Å².